The van der Waals surface area contributed by atoms with Crippen LogP contribution in [0.25, 0.3) is 11.2 Å². The fourth-order valence-corrected chi connectivity index (χ4v) is 5.13. The molecule has 0 spiro atoms. The topological polar surface area (TPSA) is 105 Å². The highest BCUT2D eigenvalue weighted by atomic mass is 32.1. The summed E-state index contributed by atoms with van der Waals surface area (Å²) < 4.78 is 3.36. The first-order valence-electron chi connectivity index (χ1n) is 11.7. The lowest BCUT2D eigenvalue weighted by Gasteiger charge is -2.30. The van der Waals surface area contributed by atoms with Crippen molar-refractivity contribution in [2.75, 3.05) is 19.6 Å². The molecule has 2 N–H and O–H groups in total. The molecule has 10 heteroatoms. The zero-order valence-corrected chi connectivity index (χ0v) is 20.1. The number of nitrogens with one attached hydrogen (secondary N) is 2. The second-order valence-electron chi connectivity index (χ2n) is 8.69. The normalized spacial score (nSPS) is 15.3. The van der Waals surface area contributed by atoms with Crippen LogP contribution in [0.4, 0.5) is 0 Å². The summed E-state index contributed by atoms with van der Waals surface area (Å²) in [7, 11) is 1.82. The van der Waals surface area contributed by atoms with E-state index in [4.69, 9.17) is 0 Å². The number of H-pyrrole nitrogens is 1. The molecule has 1 fully saturated rings. The molecular formula is C23H32N6O3S. The number of nitrogens with zero attached hydrogens (tertiary/aromatic N) is 4. The third-order valence-corrected chi connectivity index (χ3v) is 7.35. The van der Waals surface area contributed by atoms with E-state index in [1.807, 2.05) is 13.1 Å². The Bertz CT molecular complexity index is 1200. The molecule has 1 saturated heterocycles. The fraction of sp³-hybridized carbons (Fsp3) is 0.565. The molecular weight excluding hydrogens is 440 g/mol. The van der Waals surface area contributed by atoms with Crippen molar-refractivity contribution >= 4 is 28.4 Å². The molecule has 9 nitrogen and oxygen atoms in total. The van der Waals surface area contributed by atoms with Crippen LogP contribution in [0.1, 0.15) is 43.3 Å². The van der Waals surface area contributed by atoms with Crippen molar-refractivity contribution in [3.05, 3.63) is 49.1 Å². The lowest BCUT2D eigenvalue weighted by Crippen LogP contribution is -2.41. The molecule has 1 aliphatic heterocycles. The van der Waals surface area contributed by atoms with Crippen molar-refractivity contribution in [1.82, 2.24) is 29.3 Å². The van der Waals surface area contributed by atoms with E-state index < -0.39 is 11.2 Å². The van der Waals surface area contributed by atoms with E-state index in [-0.39, 0.29) is 11.8 Å². The van der Waals surface area contributed by atoms with E-state index in [1.54, 1.807) is 20.5 Å². The van der Waals surface area contributed by atoms with Gasteiger partial charge in [-0.2, -0.15) is 0 Å². The number of unbranched alkanes of at least 4 members (excludes halogenated alkanes) is 1. The lowest BCUT2D eigenvalue weighted by molar-refractivity contribution is -0.126. The number of aromatic nitrogens is 4. The molecule has 0 saturated carbocycles. The van der Waals surface area contributed by atoms with Crippen LogP contribution >= 0.6 is 11.3 Å². The van der Waals surface area contributed by atoms with E-state index in [9.17, 15) is 14.4 Å². The van der Waals surface area contributed by atoms with Crippen LogP contribution in [0.3, 0.4) is 0 Å². The SMILES string of the molecule is CCCCn1c(=O)[nH]c(=O)c2c1nc(CN1CCC(C(=O)NCCc3cccs3)CC1)n2C. The number of hydrogen-bond donors (Lipinski definition) is 2. The first kappa shape index (κ1) is 23.4. The van der Waals surface area contributed by atoms with Crippen LogP contribution in [-0.4, -0.2) is 49.5 Å². The van der Waals surface area contributed by atoms with Crippen molar-refractivity contribution in [3.8, 4) is 0 Å². The van der Waals surface area contributed by atoms with Gasteiger partial charge >= 0.3 is 5.69 Å². The number of carbonyl (C=O) groups is 1. The summed E-state index contributed by atoms with van der Waals surface area (Å²) >= 11 is 1.71. The number of fused-ring (bicyclic) bond motifs is 1. The number of thiophene rings is 1. The summed E-state index contributed by atoms with van der Waals surface area (Å²) in [5.74, 6) is 0.928. The maximum Gasteiger partial charge on any atom is 0.330 e. The number of amides is 1. The van der Waals surface area contributed by atoms with Crippen LogP contribution < -0.4 is 16.6 Å². The second kappa shape index (κ2) is 10.5. The Hall–Kier alpha value is -2.72. The number of aryl methyl sites for hydroxylation is 2. The minimum atomic E-state index is -0.406. The third-order valence-electron chi connectivity index (χ3n) is 6.42. The molecule has 178 valence electrons. The average Bonchev–Trinajstić information content (AvgIpc) is 3.42. The van der Waals surface area contributed by atoms with Crippen molar-refractivity contribution < 1.29 is 4.79 Å². The van der Waals surface area contributed by atoms with Crippen LogP contribution in [0.5, 0.6) is 0 Å². The van der Waals surface area contributed by atoms with Gasteiger partial charge in [0.1, 0.15) is 5.82 Å². The van der Waals surface area contributed by atoms with Gasteiger partial charge in [-0.1, -0.05) is 19.4 Å². The quantitative estimate of drug-likeness (QED) is 0.495. The minimum absolute atomic E-state index is 0.0343. The molecule has 0 bridgehead atoms. The number of aromatic amines is 1. The zero-order valence-electron chi connectivity index (χ0n) is 19.3. The molecule has 3 aromatic rings. The maximum absolute atomic E-state index is 12.5. The van der Waals surface area contributed by atoms with Crippen LogP contribution in [0.2, 0.25) is 0 Å². The standard InChI is InChI=1S/C23H32N6O3S/c1-3-4-11-29-20-19(22(31)26-23(29)32)27(2)18(25-20)15-28-12-8-16(9-13-28)21(30)24-10-7-17-6-5-14-33-17/h5-6,14,16H,3-4,7-13,15H2,1-2H3,(H,24,30)(H,26,31,32). The first-order valence-corrected chi connectivity index (χ1v) is 12.6. The summed E-state index contributed by atoms with van der Waals surface area (Å²) in [5.41, 5.74) is 0.0776. The summed E-state index contributed by atoms with van der Waals surface area (Å²) in [6.07, 6.45) is 4.27. The Morgan fingerprint density at radius 1 is 1.30 bits per heavy atom. The zero-order chi connectivity index (χ0) is 23.4. The minimum Gasteiger partial charge on any atom is -0.355 e. The monoisotopic (exact) mass is 472 g/mol. The summed E-state index contributed by atoms with van der Waals surface area (Å²) in [6.45, 7) is 5.45. The maximum atomic E-state index is 12.5. The van der Waals surface area contributed by atoms with Gasteiger partial charge in [-0.15, -0.1) is 11.3 Å². The number of likely N-dealkylation sites (tertiary alicyclic amines) is 1. The van der Waals surface area contributed by atoms with Crippen molar-refractivity contribution in [1.29, 1.82) is 0 Å². The van der Waals surface area contributed by atoms with Gasteiger partial charge in [-0.05, 0) is 50.2 Å². The molecule has 0 atom stereocenters. The lowest BCUT2D eigenvalue weighted by atomic mass is 9.96. The first-order chi connectivity index (χ1) is 16.0. The number of rotatable bonds is 9. The van der Waals surface area contributed by atoms with Crippen LogP contribution in [-0.2, 0) is 31.4 Å². The van der Waals surface area contributed by atoms with Crippen LogP contribution in [0.15, 0.2) is 27.1 Å². The van der Waals surface area contributed by atoms with Crippen LogP contribution in [0, 0.1) is 5.92 Å². The summed E-state index contributed by atoms with van der Waals surface area (Å²) in [4.78, 5) is 48.0. The van der Waals surface area contributed by atoms with E-state index >= 15 is 0 Å². The summed E-state index contributed by atoms with van der Waals surface area (Å²) in [5, 5.41) is 5.13. The third kappa shape index (κ3) is 5.27. The molecule has 0 aromatic carbocycles. The second-order valence-corrected chi connectivity index (χ2v) is 9.73. The molecule has 0 unspecified atom stereocenters. The molecule has 1 amide bonds. The predicted octanol–water partition coefficient (Wildman–Crippen LogP) is 1.86. The average molecular weight is 473 g/mol. The molecule has 0 radical (unpaired) electrons. The Morgan fingerprint density at radius 3 is 2.79 bits per heavy atom. The highest BCUT2D eigenvalue weighted by molar-refractivity contribution is 7.09. The van der Waals surface area contributed by atoms with Gasteiger partial charge in [-0.25, -0.2) is 9.78 Å². The van der Waals surface area contributed by atoms with Crippen molar-refractivity contribution in [3.63, 3.8) is 0 Å². The number of piperidine rings is 1. The predicted molar refractivity (Wildman–Crippen MR) is 130 cm³/mol. The van der Waals surface area contributed by atoms with Gasteiger partial charge in [0.05, 0.1) is 6.54 Å². The molecule has 4 heterocycles. The Balaban J connectivity index is 1.37. The van der Waals surface area contributed by atoms with E-state index in [1.165, 1.54) is 4.88 Å². The molecule has 4 rings (SSSR count). The highest BCUT2D eigenvalue weighted by Gasteiger charge is 2.26. The van der Waals surface area contributed by atoms with Crippen molar-refractivity contribution in [2.45, 2.75) is 52.1 Å². The van der Waals surface area contributed by atoms with E-state index in [0.717, 1.165) is 51.0 Å². The van der Waals surface area contributed by atoms with E-state index in [2.05, 4.69) is 38.6 Å². The fourth-order valence-electron chi connectivity index (χ4n) is 4.42. The number of carbonyl (C=O) groups excluding carboxylic acids is 1. The summed E-state index contributed by atoms with van der Waals surface area (Å²) in [6, 6.07) is 4.12. The van der Waals surface area contributed by atoms with Gasteiger partial charge in [0.2, 0.25) is 5.91 Å². The Morgan fingerprint density at radius 2 is 2.09 bits per heavy atom. The van der Waals surface area contributed by atoms with Crippen molar-refractivity contribution in [2.24, 2.45) is 13.0 Å². The number of imidazole rings is 1. The number of hydrogen-bond acceptors (Lipinski definition) is 6. The molecule has 33 heavy (non-hydrogen) atoms. The van der Waals surface area contributed by atoms with Gasteiger partial charge in [-0.3, -0.25) is 24.0 Å². The molecule has 3 aromatic heterocycles. The smallest absolute Gasteiger partial charge is 0.330 e. The Kier molecular flexibility index (Phi) is 7.44. The van der Waals surface area contributed by atoms with Gasteiger partial charge < -0.3 is 9.88 Å². The highest BCUT2D eigenvalue weighted by Crippen LogP contribution is 2.20. The molecule has 0 aliphatic carbocycles. The van der Waals surface area contributed by atoms with Gasteiger partial charge in [0, 0.05) is 30.9 Å². The largest absolute Gasteiger partial charge is 0.355 e. The molecule has 1 aliphatic rings. The Labute approximate surface area is 196 Å². The van der Waals surface area contributed by atoms with E-state index in [0.29, 0.717) is 30.8 Å². The van der Waals surface area contributed by atoms with Gasteiger partial charge in [0.15, 0.2) is 11.2 Å². The van der Waals surface area contributed by atoms with Gasteiger partial charge in [0.25, 0.3) is 5.56 Å².